The molecular weight excluding hydrogens is 294 g/mol. The molecular formula is C13H21N3O2S2. The van der Waals surface area contributed by atoms with Crippen LogP contribution in [0.1, 0.15) is 12.1 Å². The Morgan fingerprint density at radius 2 is 2.30 bits per heavy atom. The number of hydrogen-bond donors (Lipinski definition) is 1. The van der Waals surface area contributed by atoms with Gasteiger partial charge in [0.25, 0.3) is 0 Å². The first-order valence-electron chi connectivity index (χ1n) is 6.83. The van der Waals surface area contributed by atoms with Crippen molar-refractivity contribution in [3.63, 3.8) is 0 Å². The van der Waals surface area contributed by atoms with Crippen LogP contribution in [0.25, 0.3) is 0 Å². The quantitative estimate of drug-likeness (QED) is 0.773. The van der Waals surface area contributed by atoms with E-state index in [1.807, 2.05) is 17.1 Å². The van der Waals surface area contributed by atoms with E-state index in [4.69, 9.17) is 0 Å². The van der Waals surface area contributed by atoms with Gasteiger partial charge in [-0.05, 0) is 0 Å². The van der Waals surface area contributed by atoms with Crippen molar-refractivity contribution in [2.75, 3.05) is 50.1 Å². The first-order chi connectivity index (χ1) is 9.78. The lowest BCUT2D eigenvalue weighted by Crippen LogP contribution is -2.36. The van der Waals surface area contributed by atoms with Gasteiger partial charge in [-0.15, -0.1) is 11.3 Å². The van der Waals surface area contributed by atoms with Gasteiger partial charge in [-0.3, -0.25) is 9.69 Å². The van der Waals surface area contributed by atoms with E-state index in [1.54, 1.807) is 11.3 Å². The lowest BCUT2D eigenvalue weighted by Gasteiger charge is -2.25. The predicted molar refractivity (Wildman–Crippen MR) is 84.7 cm³/mol. The number of aryl methyl sites for hydroxylation is 1. The van der Waals surface area contributed by atoms with Crippen LogP contribution in [-0.4, -0.2) is 60.6 Å². The normalized spacial score (nSPS) is 16.1. The fourth-order valence-electron chi connectivity index (χ4n) is 1.98. The molecule has 20 heavy (non-hydrogen) atoms. The Labute approximate surface area is 128 Å². The van der Waals surface area contributed by atoms with Gasteiger partial charge in [-0.2, -0.15) is 11.8 Å². The number of ether oxygens (including phenoxy) is 1. The molecule has 1 aromatic heterocycles. The second-order valence-electron chi connectivity index (χ2n) is 4.60. The fraction of sp³-hybridized carbons (Fsp3) is 0.692. The van der Waals surface area contributed by atoms with Crippen molar-refractivity contribution in [2.24, 2.45) is 0 Å². The summed E-state index contributed by atoms with van der Waals surface area (Å²) in [6, 6.07) is 0. The first kappa shape index (κ1) is 15.6. The molecule has 112 valence electrons. The Morgan fingerprint density at radius 1 is 1.50 bits per heavy atom. The molecule has 0 amide bonds. The van der Waals surface area contributed by atoms with Gasteiger partial charge in [0.2, 0.25) is 0 Å². The summed E-state index contributed by atoms with van der Waals surface area (Å²) < 4.78 is 4.62. The first-order valence-corrected chi connectivity index (χ1v) is 8.86. The maximum absolute atomic E-state index is 11.1. The zero-order valence-corrected chi connectivity index (χ0v) is 13.4. The van der Waals surface area contributed by atoms with Gasteiger partial charge in [-0.25, -0.2) is 4.98 Å². The summed E-state index contributed by atoms with van der Waals surface area (Å²) in [4.78, 5) is 18.0. The molecule has 1 saturated heterocycles. The summed E-state index contributed by atoms with van der Waals surface area (Å²) >= 11 is 3.63. The Kier molecular flexibility index (Phi) is 6.62. The van der Waals surface area contributed by atoms with Gasteiger partial charge in [0.1, 0.15) is 0 Å². The van der Waals surface area contributed by atoms with Crippen LogP contribution in [0, 0.1) is 0 Å². The zero-order valence-electron chi connectivity index (χ0n) is 11.8. The summed E-state index contributed by atoms with van der Waals surface area (Å²) in [6.45, 7) is 4.37. The number of carbonyl (C=O) groups is 1. The van der Waals surface area contributed by atoms with Crippen molar-refractivity contribution >= 4 is 34.2 Å². The monoisotopic (exact) mass is 315 g/mol. The lowest BCUT2D eigenvalue weighted by atomic mass is 10.2. The van der Waals surface area contributed by atoms with Crippen molar-refractivity contribution in [3.8, 4) is 0 Å². The van der Waals surface area contributed by atoms with Gasteiger partial charge in [0.15, 0.2) is 5.13 Å². The molecule has 0 unspecified atom stereocenters. The highest BCUT2D eigenvalue weighted by molar-refractivity contribution is 7.99. The van der Waals surface area contributed by atoms with Crippen LogP contribution in [0.5, 0.6) is 0 Å². The number of esters is 1. The van der Waals surface area contributed by atoms with E-state index in [9.17, 15) is 4.79 Å². The van der Waals surface area contributed by atoms with Crippen LogP contribution >= 0.6 is 23.1 Å². The molecule has 1 N–H and O–H groups in total. The number of anilines is 1. The number of thioether (sulfide) groups is 1. The molecule has 0 spiro atoms. The third-order valence-electron chi connectivity index (χ3n) is 3.17. The number of methoxy groups -OCH3 is 1. The van der Waals surface area contributed by atoms with Crippen LogP contribution in [0.3, 0.4) is 0 Å². The van der Waals surface area contributed by atoms with Gasteiger partial charge >= 0.3 is 5.97 Å². The second kappa shape index (κ2) is 8.49. The Hall–Kier alpha value is -0.790. The Morgan fingerprint density at radius 3 is 3.05 bits per heavy atom. The maximum Gasteiger partial charge on any atom is 0.305 e. The molecule has 1 aromatic rings. The summed E-state index contributed by atoms with van der Waals surface area (Å²) in [5, 5.41) is 6.30. The number of thiazole rings is 1. The van der Waals surface area contributed by atoms with Gasteiger partial charge in [0.05, 0.1) is 19.2 Å². The van der Waals surface area contributed by atoms with E-state index in [1.165, 1.54) is 31.7 Å². The van der Waals surface area contributed by atoms with Crippen molar-refractivity contribution < 1.29 is 9.53 Å². The minimum absolute atomic E-state index is 0.185. The highest BCUT2D eigenvalue weighted by Crippen LogP contribution is 2.16. The maximum atomic E-state index is 11.1. The van der Waals surface area contributed by atoms with E-state index < -0.39 is 0 Å². The third-order valence-corrected chi connectivity index (χ3v) is 4.96. The van der Waals surface area contributed by atoms with E-state index in [-0.39, 0.29) is 5.97 Å². The number of nitrogens with one attached hydrogen (secondary N) is 1. The number of rotatable bonds is 7. The standard InChI is InChI=1S/C13H21N3O2S2/c1-18-12(17)3-2-11-10-20-13(15-11)14-4-5-16-6-8-19-9-7-16/h10H,2-9H2,1H3,(H,14,15). The van der Waals surface area contributed by atoms with Crippen LogP contribution in [0.4, 0.5) is 5.13 Å². The topological polar surface area (TPSA) is 54.5 Å². The molecule has 0 saturated carbocycles. The van der Waals surface area contributed by atoms with Crippen LogP contribution in [0.2, 0.25) is 0 Å². The van der Waals surface area contributed by atoms with E-state index >= 15 is 0 Å². The summed E-state index contributed by atoms with van der Waals surface area (Å²) in [6.07, 6.45) is 1.04. The summed E-state index contributed by atoms with van der Waals surface area (Å²) in [7, 11) is 1.41. The van der Waals surface area contributed by atoms with E-state index in [0.29, 0.717) is 12.8 Å². The second-order valence-corrected chi connectivity index (χ2v) is 6.68. The van der Waals surface area contributed by atoms with Crippen LogP contribution in [0.15, 0.2) is 5.38 Å². The van der Waals surface area contributed by atoms with Crippen molar-refractivity contribution in [2.45, 2.75) is 12.8 Å². The smallest absolute Gasteiger partial charge is 0.305 e. The number of nitrogens with zero attached hydrogens (tertiary/aromatic N) is 2. The molecule has 0 radical (unpaired) electrons. The molecule has 1 aliphatic heterocycles. The molecule has 2 heterocycles. The summed E-state index contributed by atoms with van der Waals surface area (Å²) in [5.41, 5.74) is 0.956. The Balaban J connectivity index is 1.65. The van der Waals surface area contributed by atoms with Crippen molar-refractivity contribution in [1.29, 1.82) is 0 Å². The highest BCUT2D eigenvalue weighted by atomic mass is 32.2. The fourth-order valence-corrected chi connectivity index (χ4v) is 3.73. The third kappa shape index (κ3) is 5.30. The van der Waals surface area contributed by atoms with Gasteiger partial charge < -0.3 is 10.1 Å². The zero-order chi connectivity index (χ0) is 14.2. The predicted octanol–water partition coefficient (Wildman–Crippen LogP) is 1.71. The van der Waals surface area contributed by atoms with Gasteiger partial charge in [0, 0.05) is 49.5 Å². The number of aromatic nitrogens is 1. The van der Waals surface area contributed by atoms with Gasteiger partial charge in [-0.1, -0.05) is 0 Å². The molecule has 5 nitrogen and oxygen atoms in total. The molecule has 2 rings (SSSR count). The molecule has 1 aliphatic rings. The average Bonchev–Trinajstić information content (AvgIpc) is 2.94. The van der Waals surface area contributed by atoms with Crippen molar-refractivity contribution in [1.82, 2.24) is 9.88 Å². The average molecular weight is 315 g/mol. The van der Waals surface area contributed by atoms with E-state index in [0.717, 1.165) is 23.9 Å². The van der Waals surface area contributed by atoms with Crippen LogP contribution in [-0.2, 0) is 16.0 Å². The van der Waals surface area contributed by atoms with Crippen LogP contribution < -0.4 is 5.32 Å². The number of hydrogen-bond acceptors (Lipinski definition) is 7. The highest BCUT2D eigenvalue weighted by Gasteiger charge is 2.10. The molecule has 1 fully saturated rings. The minimum Gasteiger partial charge on any atom is -0.469 e. The lowest BCUT2D eigenvalue weighted by molar-refractivity contribution is -0.140. The molecule has 0 aliphatic carbocycles. The van der Waals surface area contributed by atoms with E-state index in [2.05, 4.69) is 19.9 Å². The Bertz CT molecular complexity index is 420. The SMILES string of the molecule is COC(=O)CCc1csc(NCCN2CCSCC2)n1. The molecule has 0 atom stereocenters. The molecule has 0 aromatic carbocycles. The summed E-state index contributed by atoms with van der Waals surface area (Å²) in [5.74, 6) is 2.31. The number of carbonyl (C=O) groups excluding carboxylic acids is 1. The molecule has 0 bridgehead atoms. The largest absolute Gasteiger partial charge is 0.469 e. The molecule has 7 heteroatoms. The van der Waals surface area contributed by atoms with Crippen molar-refractivity contribution in [3.05, 3.63) is 11.1 Å². The minimum atomic E-state index is -0.185.